The van der Waals surface area contributed by atoms with Crippen molar-refractivity contribution in [3.8, 4) is 12.3 Å². The molecule has 148 valence electrons. The van der Waals surface area contributed by atoms with Crippen LogP contribution in [-0.4, -0.2) is 32.7 Å². The number of benzene rings is 2. The van der Waals surface area contributed by atoms with Crippen LogP contribution in [0.3, 0.4) is 0 Å². The van der Waals surface area contributed by atoms with Crippen LogP contribution < -0.4 is 4.90 Å². The van der Waals surface area contributed by atoms with Crippen LogP contribution in [0, 0.1) is 12.3 Å². The number of unbranched alkanes of at least 4 members (excludes halogenated alkanes) is 1. The molecular formula is C23H27NO4. The smallest absolute Gasteiger partial charge is 0.420 e. The molecule has 0 saturated heterocycles. The van der Waals surface area contributed by atoms with E-state index in [4.69, 9.17) is 20.6 Å². The molecule has 0 spiro atoms. The molecule has 0 aliphatic carbocycles. The van der Waals surface area contributed by atoms with Crippen molar-refractivity contribution in [1.29, 1.82) is 0 Å². The quantitative estimate of drug-likeness (QED) is 0.325. The van der Waals surface area contributed by atoms with E-state index < -0.39 is 12.2 Å². The van der Waals surface area contributed by atoms with Gasteiger partial charge in [0, 0.05) is 14.2 Å². The maximum absolute atomic E-state index is 12.9. The van der Waals surface area contributed by atoms with Gasteiger partial charge < -0.3 is 14.2 Å². The number of terminal acetylenes is 1. The lowest BCUT2D eigenvalue weighted by atomic mass is 10.1. The molecule has 2 aromatic carbocycles. The van der Waals surface area contributed by atoms with E-state index in [2.05, 4.69) is 5.92 Å². The van der Waals surface area contributed by atoms with Gasteiger partial charge in [0.2, 0.25) is 0 Å². The van der Waals surface area contributed by atoms with E-state index in [0.717, 1.165) is 30.6 Å². The predicted octanol–water partition coefficient (Wildman–Crippen LogP) is 5.14. The molecule has 5 heteroatoms. The van der Waals surface area contributed by atoms with Crippen LogP contribution in [-0.2, 0) is 14.2 Å². The largest absolute Gasteiger partial charge is 0.432 e. The zero-order chi connectivity index (χ0) is 20.2. The van der Waals surface area contributed by atoms with E-state index in [0.29, 0.717) is 6.42 Å². The zero-order valence-corrected chi connectivity index (χ0v) is 16.4. The van der Waals surface area contributed by atoms with Gasteiger partial charge >= 0.3 is 6.09 Å². The molecule has 2 rings (SSSR count). The van der Waals surface area contributed by atoms with Crippen molar-refractivity contribution in [2.24, 2.45) is 0 Å². The molecule has 0 fully saturated rings. The maximum Gasteiger partial charge on any atom is 0.420 e. The number of nitrogens with zero attached hydrogens (tertiary/aromatic N) is 1. The highest BCUT2D eigenvalue weighted by Crippen LogP contribution is 2.26. The Hall–Kier alpha value is -2.81. The molecule has 0 bridgehead atoms. The summed E-state index contributed by atoms with van der Waals surface area (Å²) in [5.41, 5.74) is 1.44. The molecule has 2 aromatic rings. The highest BCUT2D eigenvalue weighted by molar-refractivity contribution is 5.96. The fraction of sp³-hybridized carbons (Fsp3) is 0.348. The molecule has 0 N–H and O–H groups in total. The van der Waals surface area contributed by atoms with Gasteiger partial charge in [-0.25, -0.2) is 9.69 Å². The third-order valence-corrected chi connectivity index (χ3v) is 4.32. The van der Waals surface area contributed by atoms with Crippen molar-refractivity contribution in [2.45, 2.75) is 38.1 Å². The Kier molecular flexibility index (Phi) is 9.06. The summed E-state index contributed by atoms with van der Waals surface area (Å²) < 4.78 is 16.0. The van der Waals surface area contributed by atoms with Gasteiger partial charge in [0.25, 0.3) is 0 Å². The van der Waals surface area contributed by atoms with Gasteiger partial charge in [-0.3, -0.25) is 0 Å². The lowest BCUT2D eigenvalue weighted by molar-refractivity contribution is -0.107. The van der Waals surface area contributed by atoms with Gasteiger partial charge in [-0.1, -0.05) is 42.3 Å². The summed E-state index contributed by atoms with van der Waals surface area (Å²) in [6.07, 6.45) is 7.31. The topological polar surface area (TPSA) is 48.0 Å². The number of para-hydroxylation sites is 2. The number of carbonyl (C=O) groups is 1. The maximum atomic E-state index is 12.9. The van der Waals surface area contributed by atoms with Crippen LogP contribution in [0.2, 0.25) is 0 Å². The number of hydrogen-bond donors (Lipinski definition) is 0. The number of ether oxygens (including phenoxy) is 3. The third kappa shape index (κ3) is 6.41. The van der Waals surface area contributed by atoms with E-state index in [1.165, 1.54) is 4.90 Å². The standard InChI is InChI=1S/C23H27NO4/c1-4-21(17-11-12-18-22(26-2)27-3)28-23(25)24(19-13-7-5-8-14-19)20-15-9-6-10-16-20/h1,5-10,13-16,21-22H,11-12,17-18H2,2-3H3. The molecule has 1 atom stereocenters. The lowest BCUT2D eigenvalue weighted by Crippen LogP contribution is -2.30. The SMILES string of the molecule is C#CC(CCCCC(OC)OC)OC(=O)N(c1ccccc1)c1ccccc1. The van der Waals surface area contributed by atoms with Crippen molar-refractivity contribution in [3.63, 3.8) is 0 Å². The van der Waals surface area contributed by atoms with Gasteiger partial charge in [-0.15, -0.1) is 6.42 Å². The first kappa shape index (κ1) is 21.5. The van der Waals surface area contributed by atoms with E-state index in [9.17, 15) is 4.79 Å². The fourth-order valence-corrected chi connectivity index (χ4v) is 2.84. The summed E-state index contributed by atoms with van der Waals surface area (Å²) in [6, 6.07) is 18.7. The zero-order valence-electron chi connectivity index (χ0n) is 16.4. The Bertz CT molecular complexity index is 699. The average molecular weight is 381 g/mol. The minimum atomic E-state index is -0.592. The third-order valence-electron chi connectivity index (χ3n) is 4.32. The Morgan fingerprint density at radius 3 is 1.89 bits per heavy atom. The summed E-state index contributed by atoms with van der Waals surface area (Å²) in [7, 11) is 3.23. The van der Waals surface area contributed by atoms with Crippen molar-refractivity contribution in [3.05, 3.63) is 60.7 Å². The monoisotopic (exact) mass is 381 g/mol. The molecule has 0 aliphatic heterocycles. The first-order chi connectivity index (χ1) is 13.7. The van der Waals surface area contributed by atoms with E-state index >= 15 is 0 Å². The van der Waals surface area contributed by atoms with Crippen LogP contribution >= 0.6 is 0 Å². The number of anilines is 2. The predicted molar refractivity (Wildman–Crippen MR) is 110 cm³/mol. The number of amides is 1. The molecule has 0 heterocycles. The molecule has 1 amide bonds. The first-order valence-electron chi connectivity index (χ1n) is 9.32. The number of methoxy groups -OCH3 is 2. The van der Waals surface area contributed by atoms with Crippen LogP contribution in [0.1, 0.15) is 25.7 Å². The van der Waals surface area contributed by atoms with Crippen molar-refractivity contribution < 1.29 is 19.0 Å². The first-order valence-corrected chi connectivity index (χ1v) is 9.32. The lowest BCUT2D eigenvalue weighted by Gasteiger charge is -2.24. The van der Waals surface area contributed by atoms with Gasteiger partial charge in [0.1, 0.15) is 0 Å². The van der Waals surface area contributed by atoms with Crippen molar-refractivity contribution >= 4 is 17.5 Å². The van der Waals surface area contributed by atoms with Crippen LogP contribution in [0.5, 0.6) is 0 Å². The molecule has 1 unspecified atom stereocenters. The van der Waals surface area contributed by atoms with E-state index in [1.54, 1.807) is 14.2 Å². The molecule has 0 aliphatic rings. The highest BCUT2D eigenvalue weighted by Gasteiger charge is 2.22. The Morgan fingerprint density at radius 2 is 1.43 bits per heavy atom. The summed E-state index contributed by atoms with van der Waals surface area (Å²) in [4.78, 5) is 14.4. The molecule has 0 aromatic heterocycles. The molecule has 28 heavy (non-hydrogen) atoms. The van der Waals surface area contributed by atoms with E-state index in [1.807, 2.05) is 60.7 Å². The molecule has 5 nitrogen and oxygen atoms in total. The van der Waals surface area contributed by atoms with Gasteiger partial charge in [0.15, 0.2) is 12.4 Å². The Morgan fingerprint density at radius 1 is 0.929 bits per heavy atom. The van der Waals surface area contributed by atoms with Gasteiger partial charge in [0.05, 0.1) is 11.4 Å². The van der Waals surface area contributed by atoms with Crippen LogP contribution in [0.15, 0.2) is 60.7 Å². The minimum absolute atomic E-state index is 0.224. The second-order valence-corrected chi connectivity index (χ2v) is 6.23. The summed E-state index contributed by atoms with van der Waals surface area (Å²) >= 11 is 0. The normalized spacial score (nSPS) is 11.6. The number of carbonyl (C=O) groups excluding carboxylic acids is 1. The van der Waals surface area contributed by atoms with Crippen LogP contribution in [0.4, 0.5) is 16.2 Å². The second-order valence-electron chi connectivity index (χ2n) is 6.23. The van der Waals surface area contributed by atoms with Crippen molar-refractivity contribution in [2.75, 3.05) is 19.1 Å². The van der Waals surface area contributed by atoms with Gasteiger partial charge in [-0.2, -0.15) is 0 Å². The Labute approximate surface area is 167 Å². The number of hydrogen-bond acceptors (Lipinski definition) is 4. The molecule has 0 radical (unpaired) electrons. The fourth-order valence-electron chi connectivity index (χ4n) is 2.84. The summed E-state index contributed by atoms with van der Waals surface area (Å²) in [6.45, 7) is 0. The molecule has 0 saturated carbocycles. The molecular weight excluding hydrogens is 354 g/mol. The Balaban J connectivity index is 2.01. The number of rotatable bonds is 10. The van der Waals surface area contributed by atoms with Crippen molar-refractivity contribution in [1.82, 2.24) is 0 Å². The summed E-state index contributed by atoms with van der Waals surface area (Å²) in [5, 5.41) is 0. The summed E-state index contributed by atoms with van der Waals surface area (Å²) in [5.74, 6) is 2.57. The van der Waals surface area contributed by atoms with Gasteiger partial charge in [-0.05, 0) is 49.9 Å². The average Bonchev–Trinajstić information content (AvgIpc) is 2.74. The highest BCUT2D eigenvalue weighted by atomic mass is 16.7. The minimum Gasteiger partial charge on any atom is -0.432 e. The van der Waals surface area contributed by atoms with Crippen LogP contribution in [0.25, 0.3) is 0 Å². The van der Waals surface area contributed by atoms with E-state index in [-0.39, 0.29) is 6.29 Å². The second kappa shape index (κ2) is 11.8.